The van der Waals surface area contributed by atoms with Crippen molar-refractivity contribution >= 4 is 11.8 Å². The quantitative estimate of drug-likeness (QED) is 0.0789. The number of ether oxygens (including phenoxy) is 1. The smallest absolute Gasteiger partial charge is 0.234 e. The number of aliphatic hydroxyl groups excluding tert-OH is 3. The van der Waals surface area contributed by atoms with Gasteiger partial charge in [-0.15, -0.1) is 0 Å². The molecule has 1 fully saturated rings. The molecule has 0 aromatic rings. The Labute approximate surface area is 262 Å². The van der Waals surface area contributed by atoms with Gasteiger partial charge in [0.1, 0.15) is 24.4 Å². The van der Waals surface area contributed by atoms with Gasteiger partial charge in [0, 0.05) is 13.0 Å². The van der Waals surface area contributed by atoms with E-state index in [1.54, 1.807) is 4.90 Å². The predicted octanol–water partition coefficient (Wildman–Crippen LogP) is 5.32. The van der Waals surface area contributed by atoms with Crippen LogP contribution in [0, 0.1) is 0 Å². The van der Waals surface area contributed by atoms with Gasteiger partial charge in [-0.3, -0.25) is 9.59 Å². The molecule has 9 heteroatoms. The van der Waals surface area contributed by atoms with Crippen LogP contribution in [0.25, 0.3) is 0 Å². The van der Waals surface area contributed by atoms with Crippen LogP contribution in [0.4, 0.5) is 0 Å². The first-order chi connectivity index (χ1) is 20.9. The fourth-order valence-corrected chi connectivity index (χ4v) is 6.01. The van der Waals surface area contributed by atoms with Crippen molar-refractivity contribution in [3.8, 4) is 0 Å². The molecular formula is C34H67N3O6. The van der Waals surface area contributed by atoms with Gasteiger partial charge in [-0.1, -0.05) is 136 Å². The summed E-state index contributed by atoms with van der Waals surface area (Å²) in [7, 11) is 0. The summed E-state index contributed by atoms with van der Waals surface area (Å²) in [4.78, 5) is 27.4. The number of rotatable bonds is 27. The molecule has 0 unspecified atom stereocenters. The number of unbranched alkanes of at least 4 members (excludes halogenated alkanes) is 19. The van der Waals surface area contributed by atoms with Gasteiger partial charge in [0.15, 0.2) is 6.23 Å². The van der Waals surface area contributed by atoms with Crippen LogP contribution in [0.1, 0.15) is 155 Å². The highest BCUT2D eigenvalue weighted by Crippen LogP contribution is 2.26. The number of hydrogen-bond acceptors (Lipinski definition) is 7. The van der Waals surface area contributed by atoms with Crippen LogP contribution in [0.15, 0.2) is 0 Å². The number of nitrogens with one attached hydrogen (secondary N) is 1. The van der Waals surface area contributed by atoms with Crippen molar-refractivity contribution in [2.45, 2.75) is 186 Å². The summed E-state index contributed by atoms with van der Waals surface area (Å²) in [6, 6.07) is -1.04. The SMILES string of the molecule is CCCCCCCCCCCCCCN(C(=O)CCCCCCCCCCC)[C@@H]1O[C@H](CO)[C@@H](O)[C@H](O)[C@@H]1NC(=O)CN. The molecule has 0 radical (unpaired) electrons. The molecule has 1 rings (SSSR count). The van der Waals surface area contributed by atoms with Crippen LogP contribution in [-0.2, 0) is 14.3 Å². The minimum absolute atomic E-state index is 0.0942. The third-order valence-electron chi connectivity index (χ3n) is 8.79. The van der Waals surface area contributed by atoms with Gasteiger partial charge < -0.3 is 36.0 Å². The normalized spacial score (nSPS) is 22.0. The molecule has 1 saturated heterocycles. The molecule has 1 aliphatic rings. The number of aliphatic hydroxyl groups is 3. The maximum atomic E-state index is 13.6. The topological polar surface area (TPSA) is 145 Å². The van der Waals surface area contributed by atoms with E-state index in [2.05, 4.69) is 19.2 Å². The van der Waals surface area contributed by atoms with Crippen molar-refractivity contribution in [1.82, 2.24) is 10.2 Å². The van der Waals surface area contributed by atoms with Gasteiger partial charge in [0.05, 0.1) is 13.2 Å². The Morgan fingerprint density at radius 3 is 1.58 bits per heavy atom. The molecule has 0 saturated carbocycles. The Kier molecular flexibility index (Phi) is 24.0. The van der Waals surface area contributed by atoms with E-state index in [0.29, 0.717) is 13.0 Å². The van der Waals surface area contributed by atoms with E-state index in [0.717, 1.165) is 38.5 Å². The number of carbonyl (C=O) groups is 2. The minimum Gasteiger partial charge on any atom is -0.394 e. The van der Waals surface area contributed by atoms with Gasteiger partial charge >= 0.3 is 0 Å². The number of nitrogens with two attached hydrogens (primary N) is 1. The van der Waals surface area contributed by atoms with Crippen molar-refractivity contribution in [2.24, 2.45) is 5.73 Å². The van der Waals surface area contributed by atoms with Crippen molar-refractivity contribution < 1.29 is 29.6 Å². The van der Waals surface area contributed by atoms with Gasteiger partial charge in [0.2, 0.25) is 11.8 Å². The Hall–Kier alpha value is -1.26. The molecular weight excluding hydrogens is 546 g/mol. The second kappa shape index (κ2) is 26.0. The standard InChI is InChI=1S/C34H67N3O6/c1-3-5-7-9-11-13-14-15-17-19-21-23-25-37(30(40)24-22-20-18-16-12-10-8-6-4-2)34-31(36-29(39)26-35)33(42)32(41)28(27-38)43-34/h28,31-34,38,41-42H,3-27,35H2,1-2H3,(H,36,39)/t28-,31+,32-,33-,34-/m1/s1. The summed E-state index contributed by atoms with van der Waals surface area (Å²) in [6.07, 6.45) is 20.3. The van der Waals surface area contributed by atoms with E-state index in [1.165, 1.54) is 96.3 Å². The monoisotopic (exact) mass is 614 g/mol. The molecule has 0 aromatic heterocycles. The average molecular weight is 614 g/mol. The molecule has 0 aromatic carbocycles. The van der Waals surface area contributed by atoms with Crippen LogP contribution >= 0.6 is 0 Å². The highest BCUT2D eigenvalue weighted by atomic mass is 16.5. The van der Waals surface area contributed by atoms with E-state index in [1.807, 2.05) is 0 Å². The summed E-state index contributed by atoms with van der Waals surface area (Å²) in [5.41, 5.74) is 5.51. The molecule has 43 heavy (non-hydrogen) atoms. The molecule has 2 amide bonds. The lowest BCUT2D eigenvalue weighted by Crippen LogP contribution is -2.69. The van der Waals surface area contributed by atoms with Crippen LogP contribution in [-0.4, -0.2) is 82.3 Å². The first kappa shape index (κ1) is 39.8. The highest BCUT2D eigenvalue weighted by Gasteiger charge is 2.47. The number of nitrogens with zero attached hydrogens (tertiary/aromatic N) is 1. The minimum atomic E-state index is -1.41. The van der Waals surface area contributed by atoms with Crippen molar-refractivity contribution in [3.63, 3.8) is 0 Å². The summed E-state index contributed by atoms with van der Waals surface area (Å²) < 4.78 is 6.00. The second-order valence-corrected chi connectivity index (χ2v) is 12.6. The zero-order valence-corrected chi connectivity index (χ0v) is 27.7. The molecule has 0 bridgehead atoms. The summed E-state index contributed by atoms with van der Waals surface area (Å²) in [5.74, 6) is -0.604. The van der Waals surface area contributed by atoms with Gasteiger partial charge in [0.25, 0.3) is 0 Å². The molecule has 6 N–H and O–H groups in total. The fourth-order valence-electron chi connectivity index (χ4n) is 6.01. The predicted molar refractivity (Wildman–Crippen MR) is 173 cm³/mol. The Balaban J connectivity index is 2.68. The first-order valence-electron chi connectivity index (χ1n) is 17.8. The van der Waals surface area contributed by atoms with E-state index in [9.17, 15) is 24.9 Å². The summed E-state index contributed by atoms with van der Waals surface area (Å²) in [5, 5.41) is 33.8. The number of amides is 2. The van der Waals surface area contributed by atoms with E-state index < -0.39 is 43.1 Å². The van der Waals surface area contributed by atoms with Gasteiger partial charge in [-0.25, -0.2) is 0 Å². The van der Waals surface area contributed by atoms with Gasteiger partial charge in [-0.2, -0.15) is 0 Å². The largest absolute Gasteiger partial charge is 0.394 e. The van der Waals surface area contributed by atoms with E-state index in [4.69, 9.17) is 10.5 Å². The van der Waals surface area contributed by atoms with E-state index >= 15 is 0 Å². The first-order valence-corrected chi connectivity index (χ1v) is 17.8. The highest BCUT2D eigenvalue weighted by molar-refractivity contribution is 5.79. The van der Waals surface area contributed by atoms with Crippen molar-refractivity contribution in [1.29, 1.82) is 0 Å². The fraction of sp³-hybridized carbons (Fsp3) is 0.941. The third kappa shape index (κ3) is 17.1. The maximum absolute atomic E-state index is 13.6. The lowest BCUT2D eigenvalue weighted by molar-refractivity contribution is -0.231. The zero-order valence-electron chi connectivity index (χ0n) is 27.7. The molecule has 1 aliphatic heterocycles. The molecule has 0 aliphatic carbocycles. The second-order valence-electron chi connectivity index (χ2n) is 12.6. The molecule has 9 nitrogen and oxygen atoms in total. The van der Waals surface area contributed by atoms with Crippen LogP contribution in [0.2, 0.25) is 0 Å². The van der Waals surface area contributed by atoms with Crippen molar-refractivity contribution in [3.05, 3.63) is 0 Å². The summed E-state index contributed by atoms with van der Waals surface area (Å²) in [6.45, 7) is 4.09. The van der Waals surface area contributed by atoms with Crippen LogP contribution in [0.3, 0.4) is 0 Å². The Bertz CT molecular complexity index is 697. The molecule has 254 valence electrons. The average Bonchev–Trinajstić information content (AvgIpc) is 3.01. The van der Waals surface area contributed by atoms with Gasteiger partial charge in [-0.05, 0) is 12.8 Å². The van der Waals surface area contributed by atoms with Crippen molar-refractivity contribution in [2.75, 3.05) is 19.7 Å². The lowest BCUT2D eigenvalue weighted by Gasteiger charge is -2.46. The number of hydrogen-bond donors (Lipinski definition) is 5. The Morgan fingerprint density at radius 1 is 0.698 bits per heavy atom. The van der Waals surface area contributed by atoms with Crippen LogP contribution in [0.5, 0.6) is 0 Å². The summed E-state index contributed by atoms with van der Waals surface area (Å²) >= 11 is 0. The lowest BCUT2D eigenvalue weighted by atomic mass is 9.94. The Morgan fingerprint density at radius 2 is 1.14 bits per heavy atom. The molecule has 0 spiro atoms. The zero-order chi connectivity index (χ0) is 31.7. The molecule has 5 atom stereocenters. The third-order valence-corrected chi connectivity index (χ3v) is 8.79. The van der Waals surface area contributed by atoms with Crippen LogP contribution < -0.4 is 11.1 Å². The van der Waals surface area contributed by atoms with E-state index in [-0.39, 0.29) is 12.5 Å². The maximum Gasteiger partial charge on any atom is 0.234 e. The molecule has 1 heterocycles. The number of carbonyl (C=O) groups excluding carboxylic acids is 2.